The summed E-state index contributed by atoms with van der Waals surface area (Å²) in [7, 11) is 1.31. The second kappa shape index (κ2) is 5.95. The highest BCUT2D eigenvalue weighted by Crippen LogP contribution is 2.27. The van der Waals surface area contributed by atoms with Gasteiger partial charge in [0.05, 0.1) is 17.7 Å². The zero-order chi connectivity index (χ0) is 15.6. The maximum atomic E-state index is 12.1. The summed E-state index contributed by atoms with van der Waals surface area (Å²) >= 11 is 2.48. The molecule has 0 radical (unpaired) electrons. The van der Waals surface area contributed by atoms with Crippen LogP contribution < -0.4 is 5.32 Å². The standard InChI is InChI=1S/C14H16N2O3S2/c1-14(2,3)10-7-20-13(15-10)16-11(17)8-5-6-9(21-8)12(18)19-4/h5-7H,1-4H3,(H,15,16,17). The van der Waals surface area contributed by atoms with Crippen LogP contribution in [0.5, 0.6) is 0 Å². The molecule has 0 saturated carbocycles. The minimum atomic E-state index is -0.441. The van der Waals surface area contributed by atoms with Crippen LogP contribution in [0.3, 0.4) is 0 Å². The first kappa shape index (κ1) is 15.7. The third-order valence-electron chi connectivity index (χ3n) is 2.71. The molecule has 7 heteroatoms. The summed E-state index contributed by atoms with van der Waals surface area (Å²) in [5.74, 6) is -0.715. The quantitative estimate of drug-likeness (QED) is 0.877. The first-order valence-electron chi connectivity index (χ1n) is 6.27. The van der Waals surface area contributed by atoms with E-state index in [-0.39, 0.29) is 11.3 Å². The Labute approximate surface area is 131 Å². The van der Waals surface area contributed by atoms with Crippen molar-refractivity contribution in [2.45, 2.75) is 26.2 Å². The second-order valence-electron chi connectivity index (χ2n) is 5.40. The fourth-order valence-corrected chi connectivity index (χ4v) is 3.26. The van der Waals surface area contributed by atoms with E-state index >= 15 is 0 Å². The fraction of sp³-hybridized carbons (Fsp3) is 0.357. The third-order valence-corrected chi connectivity index (χ3v) is 4.53. The number of thiazole rings is 1. The highest BCUT2D eigenvalue weighted by Gasteiger charge is 2.19. The van der Waals surface area contributed by atoms with E-state index in [4.69, 9.17) is 0 Å². The Balaban J connectivity index is 2.09. The Morgan fingerprint density at radius 1 is 1.24 bits per heavy atom. The highest BCUT2D eigenvalue weighted by atomic mass is 32.1. The van der Waals surface area contributed by atoms with E-state index in [0.717, 1.165) is 17.0 Å². The molecule has 2 rings (SSSR count). The van der Waals surface area contributed by atoms with Crippen molar-refractivity contribution >= 4 is 39.7 Å². The molecule has 2 heterocycles. The molecule has 0 aliphatic heterocycles. The molecule has 0 aliphatic carbocycles. The predicted octanol–water partition coefficient (Wildman–Crippen LogP) is 3.54. The summed E-state index contributed by atoms with van der Waals surface area (Å²) in [5, 5.41) is 5.24. The molecule has 2 aromatic heterocycles. The molecule has 0 saturated heterocycles. The van der Waals surface area contributed by atoms with E-state index in [1.165, 1.54) is 18.4 Å². The summed E-state index contributed by atoms with van der Waals surface area (Å²) in [6, 6.07) is 3.18. The number of methoxy groups -OCH3 is 1. The van der Waals surface area contributed by atoms with Crippen molar-refractivity contribution in [3.05, 3.63) is 33.0 Å². The van der Waals surface area contributed by atoms with Crippen molar-refractivity contribution in [2.75, 3.05) is 12.4 Å². The highest BCUT2D eigenvalue weighted by molar-refractivity contribution is 7.16. The Morgan fingerprint density at radius 3 is 2.48 bits per heavy atom. The van der Waals surface area contributed by atoms with E-state index < -0.39 is 5.97 Å². The van der Waals surface area contributed by atoms with Crippen LogP contribution in [0.15, 0.2) is 17.5 Å². The largest absolute Gasteiger partial charge is 0.465 e. The molecular formula is C14H16N2O3S2. The minimum absolute atomic E-state index is 0.0551. The second-order valence-corrected chi connectivity index (χ2v) is 7.34. The number of amides is 1. The minimum Gasteiger partial charge on any atom is -0.465 e. The van der Waals surface area contributed by atoms with Crippen LogP contribution in [0.2, 0.25) is 0 Å². The lowest BCUT2D eigenvalue weighted by atomic mass is 9.93. The van der Waals surface area contributed by atoms with Gasteiger partial charge in [-0.1, -0.05) is 20.8 Å². The van der Waals surface area contributed by atoms with E-state index in [9.17, 15) is 9.59 Å². The van der Waals surface area contributed by atoms with Gasteiger partial charge in [-0.05, 0) is 12.1 Å². The first-order chi connectivity index (χ1) is 9.81. The van der Waals surface area contributed by atoms with Crippen molar-refractivity contribution in [3.63, 3.8) is 0 Å². The fourth-order valence-electron chi connectivity index (χ4n) is 1.50. The number of nitrogens with one attached hydrogen (secondary N) is 1. The molecule has 0 atom stereocenters. The van der Waals surface area contributed by atoms with E-state index in [0.29, 0.717) is 14.9 Å². The molecule has 2 aromatic rings. The van der Waals surface area contributed by atoms with Crippen LogP contribution in [0.1, 0.15) is 45.8 Å². The van der Waals surface area contributed by atoms with Gasteiger partial charge in [0.1, 0.15) is 4.88 Å². The van der Waals surface area contributed by atoms with Gasteiger partial charge in [0.2, 0.25) is 0 Å². The van der Waals surface area contributed by atoms with Gasteiger partial charge >= 0.3 is 5.97 Å². The molecule has 0 spiro atoms. The van der Waals surface area contributed by atoms with Crippen LogP contribution in [0, 0.1) is 0 Å². The van der Waals surface area contributed by atoms with Gasteiger partial charge in [0.15, 0.2) is 5.13 Å². The summed E-state index contributed by atoms with van der Waals surface area (Å²) in [5.41, 5.74) is 0.879. The Hall–Kier alpha value is -1.73. The van der Waals surface area contributed by atoms with Crippen molar-refractivity contribution in [3.8, 4) is 0 Å². The number of nitrogens with zero attached hydrogens (tertiary/aromatic N) is 1. The molecule has 1 N–H and O–H groups in total. The average Bonchev–Trinajstić information content (AvgIpc) is 3.05. The number of esters is 1. The number of rotatable bonds is 3. The number of hydrogen-bond acceptors (Lipinski definition) is 6. The average molecular weight is 324 g/mol. The molecule has 21 heavy (non-hydrogen) atoms. The molecule has 0 aromatic carbocycles. The number of ether oxygens (including phenoxy) is 1. The van der Waals surface area contributed by atoms with E-state index in [1.54, 1.807) is 12.1 Å². The monoisotopic (exact) mass is 324 g/mol. The van der Waals surface area contributed by atoms with Crippen molar-refractivity contribution in [1.82, 2.24) is 4.98 Å². The van der Waals surface area contributed by atoms with Crippen LogP contribution in [-0.2, 0) is 10.2 Å². The predicted molar refractivity (Wildman–Crippen MR) is 84.4 cm³/mol. The van der Waals surface area contributed by atoms with E-state index in [1.807, 2.05) is 5.38 Å². The number of carbonyl (C=O) groups excluding carboxylic acids is 2. The molecule has 112 valence electrons. The van der Waals surface area contributed by atoms with Crippen LogP contribution in [0.25, 0.3) is 0 Å². The lowest BCUT2D eigenvalue weighted by Crippen LogP contribution is -2.13. The smallest absolute Gasteiger partial charge is 0.348 e. The van der Waals surface area contributed by atoms with Gasteiger partial charge in [-0.3, -0.25) is 10.1 Å². The molecule has 0 aliphatic rings. The molecule has 5 nitrogen and oxygen atoms in total. The van der Waals surface area contributed by atoms with Crippen molar-refractivity contribution in [1.29, 1.82) is 0 Å². The maximum Gasteiger partial charge on any atom is 0.348 e. The Bertz CT molecular complexity index is 668. The van der Waals surface area contributed by atoms with Crippen molar-refractivity contribution in [2.24, 2.45) is 0 Å². The molecule has 0 unspecified atom stereocenters. The summed E-state index contributed by atoms with van der Waals surface area (Å²) in [4.78, 5) is 28.7. The molecular weight excluding hydrogens is 308 g/mol. The van der Waals surface area contributed by atoms with Crippen LogP contribution in [-0.4, -0.2) is 24.0 Å². The lowest BCUT2D eigenvalue weighted by Gasteiger charge is -2.14. The number of hydrogen-bond donors (Lipinski definition) is 1. The van der Waals surface area contributed by atoms with Gasteiger partial charge in [-0.25, -0.2) is 9.78 Å². The summed E-state index contributed by atoms with van der Waals surface area (Å²) in [6.07, 6.45) is 0. The van der Waals surface area contributed by atoms with Gasteiger partial charge in [0.25, 0.3) is 5.91 Å². The van der Waals surface area contributed by atoms with Gasteiger partial charge in [-0.15, -0.1) is 22.7 Å². The van der Waals surface area contributed by atoms with Gasteiger partial charge in [0, 0.05) is 10.8 Å². The molecule has 0 fully saturated rings. The number of anilines is 1. The van der Waals surface area contributed by atoms with Gasteiger partial charge in [-0.2, -0.15) is 0 Å². The number of aromatic nitrogens is 1. The lowest BCUT2D eigenvalue weighted by molar-refractivity contribution is 0.0606. The molecule has 1 amide bonds. The summed E-state index contributed by atoms with van der Waals surface area (Å²) < 4.78 is 4.62. The maximum absolute atomic E-state index is 12.1. The van der Waals surface area contributed by atoms with Crippen LogP contribution in [0.4, 0.5) is 5.13 Å². The Kier molecular flexibility index (Phi) is 4.43. The number of carbonyl (C=O) groups is 2. The Morgan fingerprint density at radius 2 is 1.90 bits per heavy atom. The number of thiophene rings is 1. The zero-order valence-electron chi connectivity index (χ0n) is 12.2. The topological polar surface area (TPSA) is 68.3 Å². The first-order valence-corrected chi connectivity index (χ1v) is 7.96. The van der Waals surface area contributed by atoms with Crippen molar-refractivity contribution < 1.29 is 14.3 Å². The van der Waals surface area contributed by atoms with Gasteiger partial charge < -0.3 is 4.74 Å². The zero-order valence-corrected chi connectivity index (χ0v) is 13.9. The SMILES string of the molecule is COC(=O)c1ccc(C(=O)Nc2nc(C(C)(C)C)cs2)s1. The van der Waals surface area contributed by atoms with E-state index in [2.05, 4.69) is 35.8 Å². The normalized spacial score (nSPS) is 11.2. The molecule has 0 bridgehead atoms. The third kappa shape index (κ3) is 3.68. The summed E-state index contributed by atoms with van der Waals surface area (Å²) in [6.45, 7) is 6.20. The van der Waals surface area contributed by atoms with Crippen LogP contribution >= 0.6 is 22.7 Å².